The fourth-order valence-electron chi connectivity index (χ4n) is 2.83. The minimum absolute atomic E-state index is 0. The summed E-state index contributed by atoms with van der Waals surface area (Å²) in [5.41, 5.74) is 1.97. The van der Waals surface area contributed by atoms with Crippen LogP contribution in [0.4, 0.5) is 5.69 Å². The number of hydrogen-bond acceptors (Lipinski definition) is 5. The summed E-state index contributed by atoms with van der Waals surface area (Å²) in [6.07, 6.45) is 0. The van der Waals surface area contributed by atoms with Crippen molar-refractivity contribution in [1.82, 2.24) is 0 Å². The Morgan fingerprint density at radius 1 is 1.19 bits per heavy atom. The third-order valence-electron chi connectivity index (χ3n) is 4.07. The second kappa shape index (κ2) is 15.1. The monoisotopic (exact) mass is 535 g/mol. The van der Waals surface area contributed by atoms with Crippen LogP contribution in [0.2, 0.25) is 10.0 Å². The summed E-state index contributed by atoms with van der Waals surface area (Å²) >= 11 is 18.7. The van der Waals surface area contributed by atoms with Crippen LogP contribution in [0.25, 0.3) is 0 Å². The fourth-order valence-corrected chi connectivity index (χ4v) is 4.26. The average Bonchev–Trinajstić information content (AvgIpc) is 3.02. The van der Waals surface area contributed by atoms with E-state index in [0.29, 0.717) is 6.61 Å². The van der Waals surface area contributed by atoms with E-state index in [4.69, 9.17) is 49.4 Å². The average molecular weight is 537 g/mol. The number of ether oxygens (including phenoxy) is 2. The Hall–Kier alpha value is 0.126. The molecule has 2 rings (SSSR count). The van der Waals surface area contributed by atoms with Gasteiger partial charge in [0, 0.05) is 12.0 Å². The number of rotatable bonds is 7. The first kappa shape index (κ1) is 31.1. The Kier molecular flexibility index (Phi) is 15.2. The quantitative estimate of drug-likeness (QED) is 0.397. The van der Waals surface area contributed by atoms with Crippen LogP contribution in [0.15, 0.2) is 17.5 Å². The van der Waals surface area contributed by atoms with E-state index in [9.17, 15) is 9.59 Å². The number of carbonyl (C=O) groups is 2. The van der Waals surface area contributed by atoms with Crippen molar-refractivity contribution in [2.75, 3.05) is 31.6 Å². The number of aromatic carboxylic acids is 1. The zero-order chi connectivity index (χ0) is 23.0. The number of carbonyl (C=O) groups excluding carboxylic acids is 1. The number of amides is 1. The Morgan fingerprint density at radius 3 is 2.16 bits per heavy atom. The van der Waals surface area contributed by atoms with Crippen LogP contribution in [0.3, 0.4) is 0 Å². The molecule has 6 nitrogen and oxygen atoms in total. The van der Waals surface area contributed by atoms with Gasteiger partial charge in [0.2, 0.25) is 5.91 Å². The molecule has 1 aromatic heterocycles. The Labute approximate surface area is 244 Å². The summed E-state index contributed by atoms with van der Waals surface area (Å²) in [5.74, 6) is -1.17. The molecule has 1 aromatic carbocycles. The molecule has 11 heteroatoms. The molecule has 1 N–H and O–H groups in total. The number of benzene rings is 1. The second-order valence-electron chi connectivity index (χ2n) is 6.27. The third kappa shape index (κ3) is 8.44. The van der Waals surface area contributed by atoms with Gasteiger partial charge >= 0.3 is 57.4 Å². The number of anilines is 1. The van der Waals surface area contributed by atoms with Crippen LogP contribution in [0, 0.1) is 13.8 Å². The van der Waals surface area contributed by atoms with Gasteiger partial charge in [-0.3, -0.25) is 4.79 Å². The third-order valence-corrected chi connectivity index (χ3v) is 5.93. The van der Waals surface area contributed by atoms with Gasteiger partial charge in [-0.15, -0.1) is 22.9 Å². The SMILES string of the molecule is COC[C@H](C)N(C(=O)CCl)c1c(C)csc1C.COc1c(Cl)ccc(Cl)c1C(=O)O.[KH]. The zero-order valence-electron chi connectivity index (χ0n) is 17.3. The van der Waals surface area contributed by atoms with Gasteiger partial charge in [-0.05, 0) is 43.8 Å². The molecule has 0 spiro atoms. The number of aryl methyl sites for hydroxylation is 2. The summed E-state index contributed by atoms with van der Waals surface area (Å²) in [4.78, 5) is 25.6. The van der Waals surface area contributed by atoms with Gasteiger partial charge in [0.05, 0.1) is 35.5 Å². The number of carboxylic acid groups (broad SMARTS) is 1. The molecule has 1 atom stereocenters. The number of carboxylic acids is 1. The van der Waals surface area contributed by atoms with Crippen molar-refractivity contribution in [2.45, 2.75) is 26.8 Å². The van der Waals surface area contributed by atoms with Gasteiger partial charge in [0.1, 0.15) is 11.4 Å². The summed E-state index contributed by atoms with van der Waals surface area (Å²) < 4.78 is 9.94. The van der Waals surface area contributed by atoms with E-state index in [0.717, 1.165) is 16.1 Å². The van der Waals surface area contributed by atoms with Gasteiger partial charge in [0.25, 0.3) is 0 Å². The van der Waals surface area contributed by atoms with Crippen molar-refractivity contribution >= 4 is 115 Å². The molecule has 0 unspecified atom stereocenters. The first-order valence-corrected chi connectivity index (χ1v) is 10.9. The molecule has 0 aliphatic carbocycles. The van der Waals surface area contributed by atoms with Crippen LogP contribution in [0.1, 0.15) is 27.7 Å². The molecule has 2 aromatic rings. The number of halogens is 3. The van der Waals surface area contributed by atoms with E-state index in [-0.39, 0.29) is 90.6 Å². The first-order chi connectivity index (χ1) is 14.1. The van der Waals surface area contributed by atoms with Gasteiger partial charge in [0.15, 0.2) is 5.75 Å². The van der Waals surface area contributed by atoms with Crippen molar-refractivity contribution < 1.29 is 24.2 Å². The van der Waals surface area contributed by atoms with Crippen molar-refractivity contribution in [2.24, 2.45) is 0 Å². The Bertz CT molecular complexity index is 874. The van der Waals surface area contributed by atoms with Crippen LogP contribution < -0.4 is 9.64 Å². The van der Waals surface area contributed by atoms with E-state index in [2.05, 4.69) is 5.38 Å². The molecule has 1 amide bonds. The number of alkyl halides is 1. The maximum atomic E-state index is 12.0. The second-order valence-corrected chi connectivity index (χ2v) is 8.43. The van der Waals surface area contributed by atoms with Crippen molar-refractivity contribution in [3.8, 4) is 5.75 Å². The van der Waals surface area contributed by atoms with Gasteiger partial charge in [-0.1, -0.05) is 23.2 Å². The number of thiophene rings is 1. The molecule has 0 bridgehead atoms. The standard InChI is InChI=1S/C12H18ClNO2S.C8H6Cl2O3.K.H/c1-8-7-17-10(3)12(8)14(11(15)5-13)9(2)6-16-4;1-13-7-5(10)3-2-4(9)6(7)8(11)12;;/h7,9H,5-6H2,1-4H3;2-3H,1H3,(H,11,12);;/t9-;;;/m0.../s1. The van der Waals surface area contributed by atoms with E-state index < -0.39 is 5.97 Å². The number of methoxy groups -OCH3 is 2. The molecular formula is C20H25Cl3KNO5S. The van der Waals surface area contributed by atoms with E-state index in [1.165, 1.54) is 19.2 Å². The van der Waals surface area contributed by atoms with Gasteiger partial charge in [-0.2, -0.15) is 0 Å². The zero-order valence-corrected chi connectivity index (χ0v) is 20.4. The molecule has 1 heterocycles. The molecule has 0 saturated carbocycles. The summed E-state index contributed by atoms with van der Waals surface area (Å²) in [6, 6.07) is 2.88. The molecule has 0 fully saturated rings. The van der Waals surface area contributed by atoms with E-state index in [1.807, 2.05) is 20.8 Å². The van der Waals surface area contributed by atoms with E-state index in [1.54, 1.807) is 23.3 Å². The predicted molar refractivity (Wildman–Crippen MR) is 130 cm³/mol. The summed E-state index contributed by atoms with van der Waals surface area (Å²) in [7, 11) is 2.97. The molecule has 168 valence electrons. The summed E-state index contributed by atoms with van der Waals surface area (Å²) in [6.45, 7) is 6.48. The predicted octanol–water partition coefficient (Wildman–Crippen LogP) is 5.02. The molecule has 31 heavy (non-hydrogen) atoms. The van der Waals surface area contributed by atoms with Crippen LogP contribution in [0.5, 0.6) is 5.75 Å². The minimum atomic E-state index is -1.16. The van der Waals surface area contributed by atoms with Crippen molar-refractivity contribution in [3.05, 3.63) is 43.6 Å². The first-order valence-electron chi connectivity index (χ1n) is 8.77. The summed E-state index contributed by atoms with van der Waals surface area (Å²) in [5, 5.41) is 11.2. The van der Waals surface area contributed by atoms with Crippen LogP contribution >= 0.6 is 46.1 Å². The van der Waals surface area contributed by atoms with Gasteiger partial charge < -0.3 is 19.5 Å². The normalized spacial score (nSPS) is 11.0. The van der Waals surface area contributed by atoms with E-state index >= 15 is 0 Å². The van der Waals surface area contributed by atoms with Gasteiger partial charge in [-0.25, -0.2) is 4.79 Å². The van der Waals surface area contributed by atoms with Crippen LogP contribution in [-0.4, -0.2) is 101 Å². The molecule has 0 aliphatic rings. The molecule has 0 saturated heterocycles. The number of hydrogen-bond donors (Lipinski definition) is 1. The number of nitrogens with zero attached hydrogens (tertiary/aromatic N) is 1. The molecular weight excluding hydrogens is 512 g/mol. The topological polar surface area (TPSA) is 76.1 Å². The maximum absolute atomic E-state index is 12.0. The Balaban J connectivity index is 0.000000581. The molecule has 0 radical (unpaired) electrons. The van der Waals surface area contributed by atoms with Crippen molar-refractivity contribution in [3.63, 3.8) is 0 Å². The van der Waals surface area contributed by atoms with Crippen molar-refractivity contribution in [1.29, 1.82) is 0 Å². The molecule has 0 aliphatic heterocycles. The van der Waals surface area contributed by atoms with Crippen LogP contribution in [-0.2, 0) is 9.53 Å². The fraction of sp³-hybridized carbons (Fsp3) is 0.400. The Morgan fingerprint density at radius 2 is 1.77 bits per heavy atom.